The fourth-order valence-corrected chi connectivity index (χ4v) is 2.25. The van der Waals surface area contributed by atoms with Crippen molar-refractivity contribution in [3.63, 3.8) is 0 Å². The van der Waals surface area contributed by atoms with Crippen molar-refractivity contribution in [3.8, 4) is 0 Å². The van der Waals surface area contributed by atoms with E-state index in [-0.39, 0.29) is 5.04 Å². The molecule has 0 heterocycles. The molecule has 0 amide bonds. The van der Waals surface area contributed by atoms with Gasteiger partial charge in [-0.15, -0.1) is 0 Å². The van der Waals surface area contributed by atoms with Gasteiger partial charge in [0.2, 0.25) is 8.32 Å². The largest absolute Gasteiger partial charge is 0.548 e. The van der Waals surface area contributed by atoms with Crippen LogP contribution in [0.2, 0.25) is 18.1 Å². The maximum absolute atomic E-state index is 10.2. The second kappa shape index (κ2) is 6.05. The Morgan fingerprint density at radius 3 is 2.25 bits per heavy atom. The lowest BCUT2D eigenvalue weighted by Crippen LogP contribution is -2.39. The SMILES string of the molecule is COC1=CC(O)C(=CO[Si](C)(C)C(C)(C)C)C(OC)=C1. The molecule has 1 unspecified atom stereocenters. The predicted octanol–water partition coefficient (Wildman–Crippen LogP) is 3.33. The minimum absolute atomic E-state index is 0.105. The van der Waals surface area contributed by atoms with Crippen LogP contribution in [0.5, 0.6) is 0 Å². The van der Waals surface area contributed by atoms with Gasteiger partial charge < -0.3 is 19.0 Å². The number of hydrogen-bond acceptors (Lipinski definition) is 4. The lowest BCUT2D eigenvalue weighted by Gasteiger charge is -2.35. The van der Waals surface area contributed by atoms with Gasteiger partial charge in [0.1, 0.15) is 17.6 Å². The third-order valence-electron chi connectivity index (χ3n) is 3.94. The van der Waals surface area contributed by atoms with Crippen molar-refractivity contribution in [2.45, 2.75) is 45.0 Å². The van der Waals surface area contributed by atoms with Crippen molar-refractivity contribution in [3.05, 3.63) is 35.5 Å². The van der Waals surface area contributed by atoms with Gasteiger partial charge in [0.15, 0.2) is 0 Å². The highest BCUT2D eigenvalue weighted by molar-refractivity contribution is 6.74. The molecule has 0 bridgehead atoms. The summed E-state index contributed by atoms with van der Waals surface area (Å²) in [7, 11) is 1.22. The molecule has 0 saturated carbocycles. The molecule has 0 saturated heterocycles. The smallest absolute Gasteiger partial charge is 0.249 e. The van der Waals surface area contributed by atoms with Crippen LogP contribution in [0.4, 0.5) is 0 Å². The molecule has 0 aromatic heterocycles. The topological polar surface area (TPSA) is 47.9 Å². The Bertz CT molecular complexity index is 441. The number of ether oxygens (including phenoxy) is 2. The van der Waals surface area contributed by atoms with Crippen LogP contribution in [-0.2, 0) is 13.9 Å². The van der Waals surface area contributed by atoms with Gasteiger partial charge in [-0.3, -0.25) is 0 Å². The van der Waals surface area contributed by atoms with Crippen LogP contribution in [0.3, 0.4) is 0 Å². The van der Waals surface area contributed by atoms with Crippen molar-refractivity contribution in [2.24, 2.45) is 0 Å². The summed E-state index contributed by atoms with van der Waals surface area (Å²) < 4.78 is 16.5. The lowest BCUT2D eigenvalue weighted by atomic mass is 10.0. The number of rotatable bonds is 4. The van der Waals surface area contributed by atoms with Gasteiger partial charge in [-0.2, -0.15) is 0 Å². The van der Waals surface area contributed by atoms with E-state index in [1.165, 1.54) is 0 Å². The Morgan fingerprint density at radius 1 is 1.20 bits per heavy atom. The van der Waals surface area contributed by atoms with Gasteiger partial charge >= 0.3 is 0 Å². The molecular weight excluding hydrogens is 272 g/mol. The predicted molar refractivity (Wildman–Crippen MR) is 82.6 cm³/mol. The Balaban J connectivity index is 2.99. The fraction of sp³-hybridized carbons (Fsp3) is 0.600. The molecule has 1 N–H and O–H groups in total. The normalized spacial score (nSPS) is 22.2. The third-order valence-corrected chi connectivity index (χ3v) is 8.26. The van der Waals surface area contributed by atoms with Crippen LogP contribution in [0.25, 0.3) is 0 Å². The Labute approximate surface area is 122 Å². The molecule has 1 rings (SSSR count). The second-order valence-electron chi connectivity index (χ2n) is 6.38. The quantitative estimate of drug-likeness (QED) is 0.639. The number of aliphatic hydroxyl groups excluding tert-OH is 1. The Kier molecular flexibility index (Phi) is 5.10. The summed E-state index contributed by atoms with van der Waals surface area (Å²) in [5, 5.41) is 10.3. The van der Waals surface area contributed by atoms with Crippen LogP contribution in [0.1, 0.15) is 20.8 Å². The molecule has 1 aliphatic carbocycles. The summed E-state index contributed by atoms with van der Waals surface area (Å²) in [6.45, 7) is 10.8. The first-order chi connectivity index (χ1) is 9.12. The van der Waals surface area contributed by atoms with E-state index in [0.717, 1.165) is 0 Å². The standard InChI is InChI=1S/C15H26O4Si/c1-15(2,3)20(6,7)19-10-12-13(16)8-11(17-4)9-14(12)18-5/h8-10,13,16H,1-7H3. The first-order valence-corrected chi connectivity index (χ1v) is 9.61. The summed E-state index contributed by atoms with van der Waals surface area (Å²) in [5.41, 5.74) is 0.623. The first-order valence-electron chi connectivity index (χ1n) is 6.70. The maximum atomic E-state index is 10.2. The third kappa shape index (κ3) is 3.67. The fourth-order valence-electron chi connectivity index (χ4n) is 1.47. The zero-order valence-corrected chi connectivity index (χ0v) is 14.5. The number of aliphatic hydroxyl groups is 1. The molecule has 5 heteroatoms. The van der Waals surface area contributed by atoms with E-state index in [9.17, 15) is 5.11 Å². The van der Waals surface area contributed by atoms with Gasteiger partial charge in [-0.1, -0.05) is 20.8 Å². The summed E-state index contributed by atoms with van der Waals surface area (Å²) in [4.78, 5) is 0. The van der Waals surface area contributed by atoms with Gasteiger partial charge in [-0.05, 0) is 24.2 Å². The average molecular weight is 298 g/mol. The molecular formula is C15H26O4Si. The molecule has 1 atom stereocenters. The van der Waals surface area contributed by atoms with E-state index in [2.05, 4.69) is 33.9 Å². The van der Waals surface area contributed by atoms with Crippen molar-refractivity contribution in [2.75, 3.05) is 14.2 Å². The van der Waals surface area contributed by atoms with Crippen LogP contribution in [0, 0.1) is 0 Å². The zero-order valence-electron chi connectivity index (χ0n) is 13.5. The maximum Gasteiger partial charge on any atom is 0.249 e. The molecule has 1 aliphatic rings. The van der Waals surface area contributed by atoms with Gasteiger partial charge in [-0.25, -0.2) is 0 Å². The van der Waals surface area contributed by atoms with Crippen LogP contribution in [0.15, 0.2) is 35.5 Å². The molecule has 0 spiro atoms. The van der Waals surface area contributed by atoms with Crippen LogP contribution >= 0.6 is 0 Å². The molecule has 0 aromatic carbocycles. The minimum atomic E-state index is -1.91. The number of methoxy groups -OCH3 is 2. The van der Waals surface area contributed by atoms with Gasteiger partial charge in [0.05, 0.1) is 26.1 Å². The van der Waals surface area contributed by atoms with Crippen molar-refractivity contribution in [1.82, 2.24) is 0 Å². The first kappa shape index (κ1) is 16.9. The second-order valence-corrected chi connectivity index (χ2v) is 11.1. The summed E-state index contributed by atoms with van der Waals surface area (Å²) in [6, 6.07) is 0. The van der Waals surface area contributed by atoms with Crippen LogP contribution in [-0.4, -0.2) is 33.7 Å². The van der Waals surface area contributed by atoms with Gasteiger partial charge in [0.25, 0.3) is 0 Å². The van der Waals surface area contributed by atoms with E-state index in [1.807, 2.05) is 0 Å². The zero-order chi connectivity index (χ0) is 15.6. The lowest BCUT2D eigenvalue weighted by molar-refractivity contribution is 0.207. The highest BCUT2D eigenvalue weighted by atomic mass is 28.4. The van der Waals surface area contributed by atoms with Crippen molar-refractivity contribution >= 4 is 8.32 Å². The van der Waals surface area contributed by atoms with E-state index < -0.39 is 14.4 Å². The summed E-state index contributed by atoms with van der Waals surface area (Å²) >= 11 is 0. The van der Waals surface area contributed by atoms with E-state index in [1.54, 1.807) is 32.6 Å². The van der Waals surface area contributed by atoms with Crippen molar-refractivity contribution < 1.29 is 19.0 Å². The summed E-state index contributed by atoms with van der Waals surface area (Å²) in [5.74, 6) is 1.15. The Hall–Kier alpha value is -1.20. The molecule has 20 heavy (non-hydrogen) atoms. The highest BCUT2D eigenvalue weighted by Gasteiger charge is 2.38. The van der Waals surface area contributed by atoms with E-state index in [0.29, 0.717) is 17.1 Å². The molecule has 0 fully saturated rings. The molecule has 0 radical (unpaired) electrons. The van der Waals surface area contributed by atoms with Gasteiger partial charge in [0, 0.05) is 6.08 Å². The Morgan fingerprint density at radius 2 is 1.80 bits per heavy atom. The van der Waals surface area contributed by atoms with E-state index >= 15 is 0 Å². The van der Waals surface area contributed by atoms with Crippen molar-refractivity contribution in [1.29, 1.82) is 0 Å². The monoisotopic (exact) mass is 298 g/mol. The van der Waals surface area contributed by atoms with Crippen LogP contribution < -0.4 is 0 Å². The highest BCUT2D eigenvalue weighted by Crippen LogP contribution is 2.37. The number of hydrogen-bond donors (Lipinski definition) is 1. The molecule has 4 nitrogen and oxygen atoms in total. The summed E-state index contributed by atoms with van der Waals surface area (Å²) in [6.07, 6.45) is 4.23. The average Bonchev–Trinajstić information content (AvgIpc) is 2.34. The molecule has 0 aliphatic heterocycles. The number of allylic oxidation sites excluding steroid dienone is 1. The molecule has 114 valence electrons. The van der Waals surface area contributed by atoms with E-state index in [4.69, 9.17) is 13.9 Å². The minimum Gasteiger partial charge on any atom is -0.548 e. The molecule has 0 aromatic rings.